The number of hydrogen-bond acceptors (Lipinski definition) is 5. The van der Waals surface area contributed by atoms with Gasteiger partial charge in [0.25, 0.3) is 0 Å². The molecule has 1 unspecified atom stereocenters. The molecule has 1 saturated heterocycles. The third kappa shape index (κ3) is 4.00. The molecule has 20 heavy (non-hydrogen) atoms. The summed E-state index contributed by atoms with van der Waals surface area (Å²) in [4.78, 5) is 16.8. The lowest BCUT2D eigenvalue weighted by molar-refractivity contribution is -0.133. The Morgan fingerprint density at radius 3 is 3.00 bits per heavy atom. The van der Waals surface area contributed by atoms with E-state index in [-0.39, 0.29) is 5.91 Å². The smallest absolute Gasteiger partial charge is 0.222 e. The van der Waals surface area contributed by atoms with Gasteiger partial charge in [-0.2, -0.15) is 5.21 Å². The van der Waals surface area contributed by atoms with Crippen LogP contribution in [0.2, 0.25) is 0 Å². The normalized spacial score (nSPS) is 20.9. The number of aryl methyl sites for hydroxylation is 1. The highest BCUT2D eigenvalue weighted by Crippen LogP contribution is 2.14. The maximum Gasteiger partial charge on any atom is 0.222 e. The first kappa shape index (κ1) is 14.9. The highest BCUT2D eigenvalue weighted by Gasteiger charge is 2.25. The molecule has 0 aromatic carbocycles. The van der Waals surface area contributed by atoms with Crippen molar-refractivity contribution in [2.24, 2.45) is 0 Å². The van der Waals surface area contributed by atoms with E-state index in [1.807, 2.05) is 0 Å². The average Bonchev–Trinajstić information content (AvgIpc) is 2.87. The summed E-state index contributed by atoms with van der Waals surface area (Å²) in [5.41, 5.74) is 0. The van der Waals surface area contributed by atoms with Gasteiger partial charge in [0, 0.05) is 32.0 Å². The Labute approximate surface area is 119 Å². The predicted octanol–water partition coefficient (Wildman–Crippen LogP) is 0.465. The fourth-order valence-corrected chi connectivity index (χ4v) is 2.75. The van der Waals surface area contributed by atoms with Gasteiger partial charge in [0.05, 0.1) is 0 Å². The van der Waals surface area contributed by atoms with Crippen LogP contribution in [0.1, 0.15) is 38.4 Å². The average molecular weight is 280 g/mol. The number of nitrogens with one attached hydrogen (secondary N) is 1. The number of likely N-dealkylation sites (N-methyl/N-ethyl adjacent to an activating group) is 1. The second-order valence-electron chi connectivity index (χ2n) is 5.45. The topological polar surface area (TPSA) is 78.0 Å². The van der Waals surface area contributed by atoms with E-state index < -0.39 is 0 Å². The summed E-state index contributed by atoms with van der Waals surface area (Å²) in [5.74, 6) is 0.941. The number of rotatable bonds is 5. The first-order valence-electron chi connectivity index (χ1n) is 7.41. The van der Waals surface area contributed by atoms with E-state index in [4.69, 9.17) is 0 Å². The van der Waals surface area contributed by atoms with Crippen molar-refractivity contribution in [3.63, 3.8) is 0 Å². The zero-order valence-corrected chi connectivity index (χ0v) is 12.4. The molecule has 1 N–H and O–H groups in total. The predicted molar refractivity (Wildman–Crippen MR) is 75.0 cm³/mol. The van der Waals surface area contributed by atoms with E-state index in [1.165, 1.54) is 0 Å². The molecule has 7 nitrogen and oxygen atoms in total. The van der Waals surface area contributed by atoms with Gasteiger partial charge in [-0.15, -0.1) is 10.2 Å². The number of aromatic amines is 1. The monoisotopic (exact) mass is 280 g/mol. The summed E-state index contributed by atoms with van der Waals surface area (Å²) >= 11 is 0. The number of amides is 1. The van der Waals surface area contributed by atoms with Crippen LogP contribution in [0.5, 0.6) is 0 Å². The maximum atomic E-state index is 12.4. The second kappa shape index (κ2) is 7.33. The maximum absolute atomic E-state index is 12.4. The molecule has 0 spiro atoms. The van der Waals surface area contributed by atoms with Crippen LogP contribution in [-0.4, -0.2) is 69.1 Å². The summed E-state index contributed by atoms with van der Waals surface area (Å²) in [5, 5.41) is 13.8. The van der Waals surface area contributed by atoms with Gasteiger partial charge >= 0.3 is 0 Å². The van der Waals surface area contributed by atoms with Gasteiger partial charge in [-0.1, -0.05) is 12.1 Å². The molecule has 1 amide bonds. The minimum absolute atomic E-state index is 0.260. The molecule has 1 aromatic rings. The van der Waals surface area contributed by atoms with Crippen LogP contribution in [0, 0.1) is 0 Å². The molecular formula is C13H24N6O. The summed E-state index contributed by atoms with van der Waals surface area (Å²) in [6, 6.07) is 0.347. The summed E-state index contributed by atoms with van der Waals surface area (Å²) in [6.45, 7) is 5.09. The van der Waals surface area contributed by atoms with Crippen molar-refractivity contribution in [2.45, 2.75) is 45.1 Å². The van der Waals surface area contributed by atoms with Gasteiger partial charge in [-0.05, 0) is 32.9 Å². The van der Waals surface area contributed by atoms with Crippen molar-refractivity contribution in [1.29, 1.82) is 0 Å². The standard InChI is InChI=1S/C13H24N6O/c1-3-11-10-18(2)8-5-9-19(11)13(20)7-4-6-12-14-16-17-15-12/h11H,3-10H2,1-2H3,(H,14,15,16,17). The van der Waals surface area contributed by atoms with Gasteiger partial charge in [-0.25, -0.2) is 0 Å². The fraction of sp³-hybridized carbons (Fsp3) is 0.846. The highest BCUT2D eigenvalue weighted by atomic mass is 16.2. The van der Waals surface area contributed by atoms with Crippen molar-refractivity contribution in [3.8, 4) is 0 Å². The fourth-order valence-electron chi connectivity index (χ4n) is 2.75. The molecule has 112 valence electrons. The minimum Gasteiger partial charge on any atom is -0.338 e. The van der Waals surface area contributed by atoms with E-state index in [1.54, 1.807) is 0 Å². The van der Waals surface area contributed by atoms with E-state index >= 15 is 0 Å². The zero-order valence-electron chi connectivity index (χ0n) is 12.4. The molecule has 7 heteroatoms. The van der Waals surface area contributed by atoms with Gasteiger partial charge < -0.3 is 9.80 Å². The molecular weight excluding hydrogens is 256 g/mol. The SMILES string of the molecule is CCC1CN(C)CCCN1C(=O)CCCc1nn[nH]n1. The molecule has 0 saturated carbocycles. The number of nitrogens with zero attached hydrogens (tertiary/aromatic N) is 5. The van der Waals surface area contributed by atoms with Gasteiger partial charge in [0.1, 0.15) is 0 Å². The van der Waals surface area contributed by atoms with E-state index in [2.05, 4.69) is 44.4 Å². The summed E-state index contributed by atoms with van der Waals surface area (Å²) < 4.78 is 0. The Bertz CT molecular complexity index is 407. The molecule has 1 fully saturated rings. The quantitative estimate of drug-likeness (QED) is 0.848. The van der Waals surface area contributed by atoms with Crippen LogP contribution in [0.15, 0.2) is 0 Å². The molecule has 0 aliphatic carbocycles. The van der Waals surface area contributed by atoms with E-state index in [9.17, 15) is 4.79 Å². The number of aromatic nitrogens is 4. The summed E-state index contributed by atoms with van der Waals surface area (Å²) in [7, 11) is 2.13. The minimum atomic E-state index is 0.260. The molecule has 1 atom stereocenters. The lowest BCUT2D eigenvalue weighted by atomic mass is 10.1. The number of tetrazole rings is 1. The van der Waals surface area contributed by atoms with Gasteiger partial charge in [0.2, 0.25) is 5.91 Å². The van der Waals surface area contributed by atoms with Gasteiger partial charge in [-0.3, -0.25) is 4.79 Å². The molecule has 0 bridgehead atoms. The number of hydrogen-bond donors (Lipinski definition) is 1. The number of carbonyl (C=O) groups excluding carboxylic acids is 1. The number of H-pyrrole nitrogens is 1. The third-order valence-electron chi connectivity index (χ3n) is 3.87. The first-order valence-corrected chi connectivity index (χ1v) is 7.41. The van der Waals surface area contributed by atoms with Crippen LogP contribution >= 0.6 is 0 Å². The summed E-state index contributed by atoms with van der Waals surface area (Å²) in [6.07, 6.45) is 4.12. The Balaban J connectivity index is 1.83. The van der Waals surface area contributed by atoms with Crippen molar-refractivity contribution in [1.82, 2.24) is 30.4 Å². The van der Waals surface area contributed by atoms with Crippen LogP contribution < -0.4 is 0 Å². The van der Waals surface area contributed by atoms with Crippen molar-refractivity contribution in [2.75, 3.05) is 26.7 Å². The van der Waals surface area contributed by atoms with Gasteiger partial charge in [0.15, 0.2) is 5.82 Å². The van der Waals surface area contributed by atoms with E-state index in [0.717, 1.165) is 38.9 Å². The highest BCUT2D eigenvalue weighted by molar-refractivity contribution is 5.76. The lowest BCUT2D eigenvalue weighted by Crippen LogP contribution is -2.43. The Morgan fingerprint density at radius 1 is 1.45 bits per heavy atom. The van der Waals surface area contributed by atoms with Crippen molar-refractivity contribution >= 4 is 5.91 Å². The second-order valence-corrected chi connectivity index (χ2v) is 5.45. The van der Waals surface area contributed by atoms with Crippen LogP contribution in [0.4, 0.5) is 0 Å². The van der Waals surface area contributed by atoms with Crippen LogP contribution in [0.25, 0.3) is 0 Å². The first-order chi connectivity index (χ1) is 9.70. The van der Waals surface area contributed by atoms with Crippen molar-refractivity contribution in [3.05, 3.63) is 5.82 Å². The van der Waals surface area contributed by atoms with E-state index in [0.29, 0.717) is 24.7 Å². The van der Waals surface area contributed by atoms with Crippen LogP contribution in [-0.2, 0) is 11.2 Å². The van der Waals surface area contributed by atoms with Crippen LogP contribution in [0.3, 0.4) is 0 Å². The van der Waals surface area contributed by atoms with Crippen molar-refractivity contribution < 1.29 is 4.79 Å². The molecule has 1 aliphatic rings. The lowest BCUT2D eigenvalue weighted by Gasteiger charge is -2.30. The third-order valence-corrected chi connectivity index (χ3v) is 3.87. The number of carbonyl (C=O) groups is 1. The Morgan fingerprint density at radius 2 is 2.30 bits per heavy atom. The largest absolute Gasteiger partial charge is 0.338 e. The molecule has 1 aliphatic heterocycles. The zero-order chi connectivity index (χ0) is 14.4. The Kier molecular flexibility index (Phi) is 5.46. The Hall–Kier alpha value is -1.50. The molecule has 2 heterocycles. The molecule has 2 rings (SSSR count). The molecule has 0 radical (unpaired) electrons. The molecule has 1 aromatic heterocycles.